The summed E-state index contributed by atoms with van der Waals surface area (Å²) in [6.07, 6.45) is 4.47. The number of methoxy groups -OCH3 is 1. The number of hydrogen-bond acceptors (Lipinski definition) is 5. The minimum absolute atomic E-state index is 0.0164. The fourth-order valence-corrected chi connectivity index (χ4v) is 4.04. The van der Waals surface area contributed by atoms with Crippen molar-refractivity contribution in [2.24, 2.45) is 0 Å². The molecule has 0 unspecified atom stereocenters. The second-order valence-corrected chi connectivity index (χ2v) is 8.83. The van der Waals surface area contributed by atoms with Gasteiger partial charge in [0.15, 0.2) is 0 Å². The van der Waals surface area contributed by atoms with Gasteiger partial charge in [-0.1, -0.05) is 26.2 Å². The molecular formula is C20H25BrN2O5S. The number of nitrogens with one attached hydrogen (secondary N) is 2. The molecule has 0 spiro atoms. The second kappa shape index (κ2) is 11.2. The highest BCUT2D eigenvalue weighted by Gasteiger charge is 2.17. The number of sulfonamides is 1. The van der Waals surface area contributed by atoms with E-state index in [1.807, 2.05) is 0 Å². The largest absolute Gasteiger partial charge is 0.496 e. The van der Waals surface area contributed by atoms with E-state index in [1.54, 1.807) is 24.3 Å². The number of unbranched alkanes of at least 4 members (excludes halogenated alkanes) is 3. The van der Waals surface area contributed by atoms with E-state index in [-0.39, 0.29) is 4.90 Å². The number of rotatable bonds is 11. The lowest BCUT2D eigenvalue weighted by Gasteiger charge is -2.11. The third-order valence-corrected chi connectivity index (χ3v) is 5.98. The van der Waals surface area contributed by atoms with Crippen LogP contribution in [0.25, 0.3) is 0 Å². The molecule has 2 aromatic rings. The number of amides is 1. The Labute approximate surface area is 179 Å². The molecule has 158 valence electrons. The van der Waals surface area contributed by atoms with Gasteiger partial charge in [-0.25, -0.2) is 8.42 Å². The summed E-state index contributed by atoms with van der Waals surface area (Å²) in [7, 11) is -2.45. The Hall–Kier alpha value is -2.10. The summed E-state index contributed by atoms with van der Waals surface area (Å²) in [5.41, 5.74) is 2.51. The smallest absolute Gasteiger partial charge is 0.266 e. The molecular weight excluding hydrogens is 460 g/mol. The van der Waals surface area contributed by atoms with Crippen LogP contribution in [0.5, 0.6) is 11.5 Å². The lowest BCUT2D eigenvalue weighted by atomic mass is 10.2. The van der Waals surface area contributed by atoms with Crippen molar-refractivity contribution >= 4 is 31.9 Å². The van der Waals surface area contributed by atoms with Gasteiger partial charge in [-0.15, -0.1) is 4.83 Å². The number of carbonyl (C=O) groups excluding carboxylic acids is 1. The summed E-state index contributed by atoms with van der Waals surface area (Å²) in [4.78, 5) is 14.3. The first-order valence-electron chi connectivity index (χ1n) is 9.26. The van der Waals surface area contributed by atoms with Crippen molar-refractivity contribution in [3.63, 3.8) is 0 Å². The van der Waals surface area contributed by atoms with Crippen LogP contribution in [-0.4, -0.2) is 28.0 Å². The first kappa shape index (κ1) is 23.2. The zero-order chi connectivity index (χ0) is 21.3. The zero-order valence-corrected chi connectivity index (χ0v) is 18.8. The molecule has 2 rings (SSSR count). The summed E-state index contributed by atoms with van der Waals surface area (Å²) in [5.74, 6) is 0.595. The van der Waals surface area contributed by atoms with E-state index in [4.69, 9.17) is 9.47 Å². The van der Waals surface area contributed by atoms with Crippen LogP contribution < -0.4 is 19.7 Å². The van der Waals surface area contributed by atoms with E-state index < -0.39 is 15.9 Å². The Balaban J connectivity index is 1.90. The molecule has 0 aromatic heterocycles. The number of hydrazine groups is 1. The minimum Gasteiger partial charge on any atom is -0.496 e. The van der Waals surface area contributed by atoms with Crippen LogP contribution in [0.2, 0.25) is 0 Å². The summed E-state index contributed by atoms with van der Waals surface area (Å²) in [6, 6.07) is 10.8. The van der Waals surface area contributed by atoms with Gasteiger partial charge in [-0.05, 0) is 64.8 Å². The number of hydrogen-bond donors (Lipinski definition) is 2. The van der Waals surface area contributed by atoms with Crippen molar-refractivity contribution in [2.45, 2.75) is 37.5 Å². The Kier molecular flexibility index (Phi) is 8.94. The summed E-state index contributed by atoms with van der Waals surface area (Å²) in [5, 5.41) is 0. The molecule has 0 radical (unpaired) electrons. The molecule has 2 aromatic carbocycles. The van der Waals surface area contributed by atoms with Crippen molar-refractivity contribution in [3.8, 4) is 11.5 Å². The highest BCUT2D eigenvalue weighted by atomic mass is 79.9. The molecule has 0 atom stereocenters. The van der Waals surface area contributed by atoms with Crippen LogP contribution in [0.3, 0.4) is 0 Å². The van der Waals surface area contributed by atoms with Crippen LogP contribution >= 0.6 is 15.9 Å². The van der Waals surface area contributed by atoms with E-state index >= 15 is 0 Å². The average molecular weight is 485 g/mol. The maximum Gasteiger partial charge on any atom is 0.266 e. The van der Waals surface area contributed by atoms with Crippen LogP contribution in [0.15, 0.2) is 51.8 Å². The van der Waals surface area contributed by atoms with Gasteiger partial charge in [0.05, 0.1) is 23.1 Å². The highest BCUT2D eigenvalue weighted by molar-refractivity contribution is 9.10. The lowest BCUT2D eigenvalue weighted by Crippen LogP contribution is -2.41. The van der Waals surface area contributed by atoms with Crippen LogP contribution in [0.1, 0.15) is 43.0 Å². The van der Waals surface area contributed by atoms with E-state index in [0.29, 0.717) is 28.1 Å². The first-order chi connectivity index (χ1) is 13.9. The van der Waals surface area contributed by atoms with Crippen LogP contribution in [0.4, 0.5) is 0 Å². The van der Waals surface area contributed by atoms with Crippen molar-refractivity contribution < 1.29 is 22.7 Å². The van der Waals surface area contributed by atoms with Crippen molar-refractivity contribution in [3.05, 3.63) is 52.5 Å². The molecule has 0 bridgehead atoms. The molecule has 0 aliphatic carbocycles. The summed E-state index contributed by atoms with van der Waals surface area (Å²) < 4.78 is 35.9. The lowest BCUT2D eigenvalue weighted by molar-refractivity contribution is 0.0945. The normalized spacial score (nSPS) is 11.1. The monoisotopic (exact) mass is 484 g/mol. The summed E-state index contributed by atoms with van der Waals surface area (Å²) in [6.45, 7) is 2.78. The third-order valence-electron chi connectivity index (χ3n) is 4.12. The number of halogens is 1. The molecule has 0 saturated heterocycles. The molecule has 2 N–H and O–H groups in total. The molecule has 0 aliphatic rings. The van der Waals surface area contributed by atoms with Gasteiger partial charge in [-0.3, -0.25) is 10.2 Å². The molecule has 0 aliphatic heterocycles. The Morgan fingerprint density at radius 2 is 1.79 bits per heavy atom. The quantitative estimate of drug-likeness (QED) is 0.370. The van der Waals surface area contributed by atoms with E-state index in [9.17, 15) is 13.2 Å². The van der Waals surface area contributed by atoms with Crippen molar-refractivity contribution in [2.75, 3.05) is 13.7 Å². The molecule has 9 heteroatoms. The van der Waals surface area contributed by atoms with E-state index in [1.165, 1.54) is 38.2 Å². The fourth-order valence-electron chi connectivity index (χ4n) is 2.48. The SMILES string of the molecule is CCCCCCOc1ccc(C(=O)NNS(=O)(=O)c2ccc(OC)c(Br)c2)cc1. The summed E-state index contributed by atoms with van der Waals surface area (Å²) >= 11 is 3.24. The standard InChI is InChI=1S/C20H25BrN2O5S/c1-3-4-5-6-13-28-16-9-7-15(8-10-16)20(24)22-23-29(25,26)17-11-12-19(27-2)18(21)14-17/h7-12,14,23H,3-6,13H2,1-2H3,(H,22,24). The van der Waals surface area contributed by atoms with Gasteiger partial charge in [-0.2, -0.15) is 0 Å². The molecule has 0 saturated carbocycles. The van der Waals surface area contributed by atoms with Gasteiger partial charge in [0.25, 0.3) is 15.9 Å². The van der Waals surface area contributed by atoms with Gasteiger partial charge in [0, 0.05) is 5.56 Å². The highest BCUT2D eigenvalue weighted by Crippen LogP contribution is 2.27. The van der Waals surface area contributed by atoms with Gasteiger partial charge >= 0.3 is 0 Å². The molecule has 7 nitrogen and oxygen atoms in total. The minimum atomic E-state index is -3.93. The second-order valence-electron chi connectivity index (χ2n) is 6.29. The number of benzene rings is 2. The Bertz CT molecular complexity index is 917. The number of carbonyl (C=O) groups is 1. The fraction of sp³-hybridized carbons (Fsp3) is 0.350. The predicted molar refractivity (Wildman–Crippen MR) is 115 cm³/mol. The van der Waals surface area contributed by atoms with Gasteiger partial charge < -0.3 is 9.47 Å². The first-order valence-corrected chi connectivity index (χ1v) is 11.5. The molecule has 29 heavy (non-hydrogen) atoms. The Morgan fingerprint density at radius 1 is 1.07 bits per heavy atom. The van der Waals surface area contributed by atoms with Crippen molar-refractivity contribution in [1.82, 2.24) is 10.3 Å². The predicted octanol–water partition coefficient (Wildman–Crippen LogP) is 4.04. The maximum atomic E-state index is 12.4. The topological polar surface area (TPSA) is 93.7 Å². The zero-order valence-electron chi connectivity index (χ0n) is 16.4. The molecule has 1 amide bonds. The Morgan fingerprint density at radius 3 is 2.41 bits per heavy atom. The van der Waals surface area contributed by atoms with E-state index in [2.05, 4.69) is 33.1 Å². The van der Waals surface area contributed by atoms with Crippen molar-refractivity contribution in [1.29, 1.82) is 0 Å². The number of ether oxygens (including phenoxy) is 2. The van der Waals surface area contributed by atoms with Crippen LogP contribution in [-0.2, 0) is 10.0 Å². The molecule has 0 heterocycles. The molecule has 0 fully saturated rings. The van der Waals surface area contributed by atoms with Gasteiger partial charge in [0.2, 0.25) is 0 Å². The average Bonchev–Trinajstić information content (AvgIpc) is 2.72. The van der Waals surface area contributed by atoms with Gasteiger partial charge in [0.1, 0.15) is 11.5 Å². The van der Waals surface area contributed by atoms with E-state index in [0.717, 1.165) is 12.8 Å². The van der Waals surface area contributed by atoms with Crippen LogP contribution in [0, 0.1) is 0 Å². The maximum absolute atomic E-state index is 12.4. The third kappa shape index (κ3) is 7.02.